The Balaban J connectivity index is 1.95. The molecule has 2 rings (SSSR count). The summed E-state index contributed by atoms with van der Waals surface area (Å²) in [5, 5.41) is 13.7. The Kier molecular flexibility index (Phi) is 3.40. The molecule has 0 spiro atoms. The SMILES string of the molecule is CC1(C)CC(NC(=O)c2cc(O)cs2)CCO1. The minimum absolute atomic E-state index is 0.113. The first-order valence-corrected chi connectivity index (χ1v) is 6.56. The van der Waals surface area contributed by atoms with Gasteiger partial charge in [-0.3, -0.25) is 4.79 Å². The molecule has 0 saturated carbocycles. The van der Waals surface area contributed by atoms with Gasteiger partial charge < -0.3 is 15.2 Å². The maximum absolute atomic E-state index is 11.9. The molecule has 1 unspecified atom stereocenters. The number of hydrogen-bond acceptors (Lipinski definition) is 4. The standard InChI is InChI=1S/C12H17NO3S/c1-12(2)6-8(3-4-16-12)13-11(15)10-5-9(14)7-17-10/h5,7-8,14H,3-4,6H2,1-2H3,(H,13,15). The van der Waals surface area contributed by atoms with Crippen molar-refractivity contribution in [1.29, 1.82) is 0 Å². The Morgan fingerprint density at radius 3 is 3.00 bits per heavy atom. The van der Waals surface area contributed by atoms with Crippen LogP contribution in [0, 0.1) is 0 Å². The Hall–Kier alpha value is -1.07. The predicted molar refractivity (Wildman–Crippen MR) is 66.5 cm³/mol. The van der Waals surface area contributed by atoms with Gasteiger partial charge in [-0.15, -0.1) is 11.3 Å². The zero-order chi connectivity index (χ0) is 12.5. The van der Waals surface area contributed by atoms with E-state index in [1.54, 1.807) is 5.38 Å². The van der Waals surface area contributed by atoms with Crippen LogP contribution < -0.4 is 5.32 Å². The van der Waals surface area contributed by atoms with Crippen LogP contribution in [-0.2, 0) is 4.74 Å². The van der Waals surface area contributed by atoms with Crippen molar-refractivity contribution in [3.63, 3.8) is 0 Å². The summed E-state index contributed by atoms with van der Waals surface area (Å²) >= 11 is 1.25. The van der Waals surface area contributed by atoms with Crippen LogP contribution in [0.3, 0.4) is 0 Å². The van der Waals surface area contributed by atoms with Crippen molar-refractivity contribution in [2.45, 2.75) is 38.3 Å². The summed E-state index contributed by atoms with van der Waals surface area (Å²) in [6, 6.07) is 1.64. The Bertz CT molecular complexity index is 414. The number of thiophene rings is 1. The molecule has 1 amide bonds. The summed E-state index contributed by atoms with van der Waals surface area (Å²) in [6.07, 6.45) is 1.66. The first kappa shape index (κ1) is 12.4. The summed E-state index contributed by atoms with van der Waals surface area (Å²) in [5.74, 6) is 0.0328. The van der Waals surface area contributed by atoms with E-state index < -0.39 is 0 Å². The van der Waals surface area contributed by atoms with Crippen molar-refractivity contribution in [2.24, 2.45) is 0 Å². The van der Waals surface area contributed by atoms with Gasteiger partial charge in [0.15, 0.2) is 0 Å². The second-order valence-corrected chi connectivity index (χ2v) is 5.85. The third-order valence-electron chi connectivity index (χ3n) is 2.84. The maximum atomic E-state index is 11.9. The summed E-state index contributed by atoms with van der Waals surface area (Å²) in [6.45, 7) is 4.73. The first-order valence-electron chi connectivity index (χ1n) is 5.69. The number of amides is 1. The van der Waals surface area contributed by atoms with Crippen molar-refractivity contribution in [3.05, 3.63) is 16.3 Å². The van der Waals surface area contributed by atoms with E-state index >= 15 is 0 Å². The Morgan fingerprint density at radius 1 is 1.65 bits per heavy atom. The van der Waals surface area contributed by atoms with Gasteiger partial charge in [-0.25, -0.2) is 0 Å². The van der Waals surface area contributed by atoms with Crippen LogP contribution in [0.1, 0.15) is 36.4 Å². The average molecular weight is 255 g/mol. The Morgan fingerprint density at radius 2 is 2.41 bits per heavy atom. The van der Waals surface area contributed by atoms with Crippen LogP contribution in [0.15, 0.2) is 11.4 Å². The maximum Gasteiger partial charge on any atom is 0.261 e. The van der Waals surface area contributed by atoms with Gasteiger partial charge in [-0.05, 0) is 26.7 Å². The molecule has 2 N–H and O–H groups in total. The molecule has 1 fully saturated rings. The minimum Gasteiger partial charge on any atom is -0.507 e. The number of hydrogen-bond donors (Lipinski definition) is 2. The van der Waals surface area contributed by atoms with Crippen molar-refractivity contribution in [3.8, 4) is 5.75 Å². The highest BCUT2D eigenvalue weighted by Gasteiger charge is 2.29. The molecule has 1 aliphatic heterocycles. The summed E-state index contributed by atoms with van der Waals surface area (Å²) in [5.41, 5.74) is -0.173. The molecule has 1 aromatic heterocycles. The molecule has 4 nitrogen and oxygen atoms in total. The fourth-order valence-corrected chi connectivity index (χ4v) is 2.73. The zero-order valence-corrected chi connectivity index (χ0v) is 10.8. The van der Waals surface area contributed by atoms with Crippen LogP contribution in [-0.4, -0.2) is 29.3 Å². The van der Waals surface area contributed by atoms with E-state index in [0.29, 0.717) is 11.5 Å². The number of aromatic hydroxyl groups is 1. The lowest BCUT2D eigenvalue weighted by atomic mass is 9.94. The predicted octanol–water partition coefficient (Wildman–Crippen LogP) is 2.14. The lowest BCUT2D eigenvalue weighted by molar-refractivity contribution is -0.0615. The fourth-order valence-electron chi connectivity index (χ4n) is 2.06. The van der Waals surface area contributed by atoms with Crippen molar-refractivity contribution in [2.75, 3.05) is 6.61 Å². The summed E-state index contributed by atoms with van der Waals surface area (Å²) in [7, 11) is 0. The molecule has 0 aliphatic carbocycles. The van der Waals surface area contributed by atoms with Crippen LogP contribution >= 0.6 is 11.3 Å². The molecule has 1 saturated heterocycles. The van der Waals surface area contributed by atoms with Gasteiger partial charge in [-0.1, -0.05) is 0 Å². The molecule has 17 heavy (non-hydrogen) atoms. The van der Waals surface area contributed by atoms with E-state index in [0.717, 1.165) is 12.8 Å². The molecule has 94 valence electrons. The molecule has 0 radical (unpaired) electrons. The van der Waals surface area contributed by atoms with E-state index in [2.05, 4.69) is 5.32 Å². The highest BCUT2D eigenvalue weighted by Crippen LogP contribution is 2.25. The van der Waals surface area contributed by atoms with Gasteiger partial charge in [0.05, 0.1) is 10.5 Å². The Labute approximate surface area is 105 Å². The van der Waals surface area contributed by atoms with Gasteiger partial charge in [0.1, 0.15) is 5.75 Å². The lowest BCUT2D eigenvalue weighted by Gasteiger charge is -2.35. The molecule has 1 aromatic rings. The van der Waals surface area contributed by atoms with E-state index in [-0.39, 0.29) is 23.3 Å². The lowest BCUT2D eigenvalue weighted by Crippen LogP contribution is -2.45. The molecular weight excluding hydrogens is 238 g/mol. The molecule has 0 aromatic carbocycles. The minimum atomic E-state index is -0.173. The molecular formula is C12H17NO3S. The molecule has 1 atom stereocenters. The largest absolute Gasteiger partial charge is 0.507 e. The van der Waals surface area contributed by atoms with Gasteiger partial charge in [0.25, 0.3) is 5.91 Å². The van der Waals surface area contributed by atoms with Crippen molar-refractivity contribution < 1.29 is 14.6 Å². The van der Waals surface area contributed by atoms with Crippen LogP contribution in [0.2, 0.25) is 0 Å². The summed E-state index contributed by atoms with van der Waals surface area (Å²) in [4.78, 5) is 12.4. The van der Waals surface area contributed by atoms with E-state index in [9.17, 15) is 9.90 Å². The van der Waals surface area contributed by atoms with Gasteiger partial charge in [0.2, 0.25) is 0 Å². The summed E-state index contributed by atoms with van der Waals surface area (Å²) < 4.78 is 5.60. The van der Waals surface area contributed by atoms with Crippen molar-refractivity contribution >= 4 is 17.2 Å². The van der Waals surface area contributed by atoms with Crippen molar-refractivity contribution in [1.82, 2.24) is 5.32 Å². The third kappa shape index (κ3) is 3.20. The van der Waals surface area contributed by atoms with Crippen LogP contribution in [0.4, 0.5) is 0 Å². The van der Waals surface area contributed by atoms with E-state index in [1.807, 2.05) is 13.8 Å². The van der Waals surface area contributed by atoms with E-state index in [4.69, 9.17) is 4.74 Å². The topological polar surface area (TPSA) is 58.6 Å². The normalized spacial score (nSPS) is 23.3. The number of nitrogens with one attached hydrogen (secondary N) is 1. The number of rotatable bonds is 2. The third-order valence-corrected chi connectivity index (χ3v) is 3.76. The number of ether oxygens (including phenoxy) is 1. The highest BCUT2D eigenvalue weighted by atomic mass is 32.1. The van der Waals surface area contributed by atoms with Gasteiger partial charge >= 0.3 is 0 Å². The fraction of sp³-hybridized carbons (Fsp3) is 0.583. The molecule has 1 aliphatic rings. The second kappa shape index (κ2) is 4.66. The molecule has 0 bridgehead atoms. The van der Waals surface area contributed by atoms with Gasteiger partial charge in [-0.2, -0.15) is 0 Å². The van der Waals surface area contributed by atoms with Crippen LogP contribution in [0.5, 0.6) is 5.75 Å². The monoisotopic (exact) mass is 255 g/mol. The van der Waals surface area contributed by atoms with Gasteiger partial charge in [0, 0.05) is 24.1 Å². The highest BCUT2D eigenvalue weighted by molar-refractivity contribution is 7.12. The second-order valence-electron chi connectivity index (χ2n) is 4.94. The quantitative estimate of drug-likeness (QED) is 0.851. The van der Waals surface area contributed by atoms with Crippen LogP contribution in [0.25, 0.3) is 0 Å². The smallest absolute Gasteiger partial charge is 0.261 e. The molecule has 5 heteroatoms. The van der Waals surface area contributed by atoms with E-state index in [1.165, 1.54) is 17.4 Å². The first-order chi connectivity index (χ1) is 7.96. The zero-order valence-electron chi connectivity index (χ0n) is 10.0. The number of carbonyl (C=O) groups excluding carboxylic acids is 1. The molecule has 2 heterocycles. The average Bonchev–Trinajstić information content (AvgIpc) is 2.63. The number of carbonyl (C=O) groups is 1.